The van der Waals surface area contributed by atoms with Gasteiger partial charge in [-0.25, -0.2) is 9.78 Å². The summed E-state index contributed by atoms with van der Waals surface area (Å²) in [4.78, 5) is 36.9. The zero-order valence-electron chi connectivity index (χ0n) is 23.5. The van der Waals surface area contributed by atoms with Crippen LogP contribution in [-0.2, 0) is 9.53 Å². The Morgan fingerprint density at radius 3 is 2.34 bits per heavy atom. The second-order valence-electron chi connectivity index (χ2n) is 12.1. The van der Waals surface area contributed by atoms with Gasteiger partial charge in [0.25, 0.3) is 0 Å². The second kappa shape index (κ2) is 10.1. The summed E-state index contributed by atoms with van der Waals surface area (Å²) in [6.07, 6.45) is 2.06. The van der Waals surface area contributed by atoms with E-state index in [-0.39, 0.29) is 36.0 Å². The molecule has 1 saturated heterocycles. The molecule has 1 aliphatic carbocycles. The number of aromatic nitrogens is 1. The van der Waals surface area contributed by atoms with Crippen molar-refractivity contribution in [1.82, 2.24) is 9.88 Å². The van der Waals surface area contributed by atoms with Crippen molar-refractivity contribution in [3.63, 3.8) is 0 Å². The van der Waals surface area contributed by atoms with Crippen LogP contribution < -0.4 is 15.1 Å². The van der Waals surface area contributed by atoms with E-state index in [9.17, 15) is 9.59 Å². The minimum atomic E-state index is -0.521. The van der Waals surface area contributed by atoms with Crippen molar-refractivity contribution in [2.75, 3.05) is 34.8 Å². The molecule has 2 aliphatic heterocycles. The van der Waals surface area contributed by atoms with E-state index in [0.29, 0.717) is 25.6 Å². The van der Waals surface area contributed by atoms with Crippen LogP contribution in [0.3, 0.4) is 0 Å². The van der Waals surface area contributed by atoms with Crippen LogP contribution in [0, 0.1) is 11.8 Å². The Kier molecular flexibility index (Phi) is 7.01. The van der Waals surface area contributed by atoms with Crippen molar-refractivity contribution in [2.45, 2.75) is 78.1 Å². The molecule has 0 bridgehead atoms. The smallest absolute Gasteiger partial charge is 0.410 e. The van der Waals surface area contributed by atoms with Gasteiger partial charge in [0.2, 0.25) is 5.91 Å². The molecule has 8 nitrogen and oxygen atoms in total. The first-order chi connectivity index (χ1) is 18.0. The number of benzene rings is 1. The number of carbonyl (C=O) groups is 2. The Labute approximate surface area is 226 Å². The molecule has 4 unspecified atom stereocenters. The van der Waals surface area contributed by atoms with Crippen LogP contribution in [0.2, 0.25) is 0 Å². The molecule has 3 aliphatic rings. The largest absolute Gasteiger partial charge is 0.444 e. The van der Waals surface area contributed by atoms with Gasteiger partial charge in [0, 0.05) is 50.2 Å². The first-order valence-electron chi connectivity index (χ1n) is 13.9. The molecule has 204 valence electrons. The van der Waals surface area contributed by atoms with Crippen molar-refractivity contribution in [3.05, 3.63) is 48.2 Å². The number of nitrogens with zero attached hydrogens (tertiary/aromatic N) is 4. The van der Waals surface area contributed by atoms with E-state index >= 15 is 0 Å². The van der Waals surface area contributed by atoms with Crippen molar-refractivity contribution < 1.29 is 14.3 Å². The first kappa shape index (κ1) is 26.3. The number of fused-ring (bicyclic) bond motifs is 1. The fourth-order valence-corrected chi connectivity index (χ4v) is 6.04. The molecule has 2 aromatic rings. The molecule has 5 rings (SSSR count). The summed E-state index contributed by atoms with van der Waals surface area (Å²) in [5, 5.41) is 3.75. The van der Waals surface area contributed by atoms with E-state index in [2.05, 4.69) is 35.3 Å². The van der Waals surface area contributed by atoms with E-state index in [1.54, 1.807) is 11.8 Å². The summed E-state index contributed by atoms with van der Waals surface area (Å²) in [6, 6.07) is 14.5. The number of hydrogen-bond donors (Lipinski definition) is 1. The lowest BCUT2D eigenvalue weighted by Gasteiger charge is -2.46. The number of anilines is 3. The predicted octanol–water partition coefficient (Wildman–Crippen LogP) is 5.46. The maximum absolute atomic E-state index is 13.0. The van der Waals surface area contributed by atoms with Crippen LogP contribution >= 0.6 is 0 Å². The normalized spacial score (nSPS) is 25.6. The van der Waals surface area contributed by atoms with E-state index < -0.39 is 5.60 Å². The highest BCUT2D eigenvalue weighted by atomic mass is 16.6. The molecular weight excluding hydrogens is 478 g/mol. The van der Waals surface area contributed by atoms with Crippen LogP contribution in [0.15, 0.2) is 42.5 Å². The summed E-state index contributed by atoms with van der Waals surface area (Å²) in [5.41, 5.74) is 2.35. The van der Waals surface area contributed by atoms with Crippen molar-refractivity contribution in [3.8, 4) is 0 Å². The third-order valence-electron chi connectivity index (χ3n) is 7.92. The second-order valence-corrected chi connectivity index (χ2v) is 12.1. The molecule has 0 radical (unpaired) electrons. The van der Waals surface area contributed by atoms with Gasteiger partial charge in [0.1, 0.15) is 11.4 Å². The molecule has 1 aromatic heterocycles. The SMILES string of the molecule is CC(=O)N1c2ccc(N3CCN(C(=O)OC(C)(C)C)C(C)C3)nc2C(Nc2ccccc2)C(C)C1C1CC1. The molecule has 1 saturated carbocycles. The Morgan fingerprint density at radius 2 is 1.74 bits per heavy atom. The number of ether oxygens (including phenoxy) is 1. The van der Waals surface area contributed by atoms with Crippen LogP contribution in [0.4, 0.5) is 22.0 Å². The maximum Gasteiger partial charge on any atom is 0.410 e. The van der Waals surface area contributed by atoms with Gasteiger partial charge in [-0.2, -0.15) is 0 Å². The summed E-state index contributed by atoms with van der Waals surface area (Å²) in [5.74, 6) is 1.68. The van der Waals surface area contributed by atoms with Gasteiger partial charge in [-0.3, -0.25) is 4.79 Å². The Morgan fingerprint density at radius 1 is 1.03 bits per heavy atom. The zero-order valence-corrected chi connectivity index (χ0v) is 23.5. The topological polar surface area (TPSA) is 78.0 Å². The lowest BCUT2D eigenvalue weighted by molar-refractivity contribution is -0.117. The Balaban J connectivity index is 1.45. The molecule has 1 aromatic carbocycles. The van der Waals surface area contributed by atoms with Crippen LogP contribution in [0.5, 0.6) is 0 Å². The summed E-state index contributed by atoms with van der Waals surface area (Å²) in [7, 11) is 0. The molecule has 4 atom stereocenters. The number of rotatable bonds is 4. The number of amides is 2. The number of para-hydroxylation sites is 1. The van der Waals surface area contributed by atoms with Gasteiger partial charge >= 0.3 is 6.09 Å². The zero-order chi connectivity index (χ0) is 27.2. The monoisotopic (exact) mass is 519 g/mol. The minimum Gasteiger partial charge on any atom is -0.444 e. The molecule has 8 heteroatoms. The summed E-state index contributed by atoms with van der Waals surface area (Å²) >= 11 is 0. The number of nitrogens with one attached hydrogen (secondary N) is 1. The van der Waals surface area contributed by atoms with Crippen LogP contribution in [0.25, 0.3) is 0 Å². The Bertz CT molecular complexity index is 1180. The average Bonchev–Trinajstić information content (AvgIpc) is 3.69. The standard InChI is InChI=1S/C30H41N5O3/c1-19-18-33(16-17-34(19)29(37)38-30(4,5)6)25-15-14-24-27(32-25)26(31-23-10-8-7-9-11-23)20(2)28(22-12-13-22)35(24)21(3)36/h7-11,14-15,19-20,22,26,28,31H,12-13,16-18H2,1-6H3. The van der Waals surface area contributed by atoms with Crippen molar-refractivity contribution in [2.24, 2.45) is 11.8 Å². The molecule has 38 heavy (non-hydrogen) atoms. The molecule has 1 N–H and O–H groups in total. The highest BCUT2D eigenvalue weighted by Gasteiger charge is 2.48. The Hall–Kier alpha value is -3.29. The predicted molar refractivity (Wildman–Crippen MR) is 150 cm³/mol. The van der Waals surface area contributed by atoms with Gasteiger partial charge in [0.05, 0.1) is 17.4 Å². The molecule has 2 fully saturated rings. The van der Waals surface area contributed by atoms with Crippen molar-refractivity contribution >= 4 is 29.2 Å². The van der Waals surface area contributed by atoms with Crippen molar-refractivity contribution in [1.29, 1.82) is 0 Å². The summed E-state index contributed by atoms with van der Waals surface area (Å²) in [6.45, 7) is 13.5. The van der Waals surface area contributed by atoms with E-state index in [4.69, 9.17) is 9.72 Å². The number of pyridine rings is 1. The molecule has 0 spiro atoms. The molecular formula is C30H41N5O3. The quantitative estimate of drug-likeness (QED) is 0.578. The fraction of sp³-hybridized carbons (Fsp3) is 0.567. The van der Waals surface area contributed by atoms with E-state index in [1.807, 2.05) is 56.9 Å². The van der Waals surface area contributed by atoms with Gasteiger partial charge in [0.15, 0.2) is 0 Å². The van der Waals surface area contributed by atoms with Gasteiger partial charge in [-0.1, -0.05) is 25.1 Å². The minimum absolute atomic E-state index is 0.0124. The third-order valence-corrected chi connectivity index (χ3v) is 7.92. The van der Waals surface area contributed by atoms with Gasteiger partial charge in [-0.05, 0) is 70.7 Å². The van der Waals surface area contributed by atoms with Gasteiger partial charge in [-0.15, -0.1) is 0 Å². The number of piperazine rings is 1. The lowest BCUT2D eigenvalue weighted by atomic mass is 9.82. The van der Waals surface area contributed by atoms with E-state index in [1.165, 1.54) is 0 Å². The maximum atomic E-state index is 13.0. The van der Waals surface area contributed by atoms with Gasteiger partial charge < -0.3 is 24.8 Å². The summed E-state index contributed by atoms with van der Waals surface area (Å²) < 4.78 is 5.62. The first-order valence-corrected chi connectivity index (χ1v) is 13.9. The van der Waals surface area contributed by atoms with Crippen LogP contribution in [0.1, 0.15) is 66.1 Å². The fourth-order valence-electron chi connectivity index (χ4n) is 6.04. The number of hydrogen-bond acceptors (Lipinski definition) is 6. The lowest BCUT2D eigenvalue weighted by Crippen LogP contribution is -2.55. The third kappa shape index (κ3) is 5.31. The highest BCUT2D eigenvalue weighted by Crippen LogP contribution is 2.49. The number of carbonyl (C=O) groups excluding carboxylic acids is 2. The molecule has 2 amide bonds. The highest BCUT2D eigenvalue weighted by molar-refractivity contribution is 5.94. The van der Waals surface area contributed by atoms with E-state index in [0.717, 1.165) is 35.7 Å². The van der Waals surface area contributed by atoms with Crippen LogP contribution in [-0.4, -0.2) is 59.2 Å². The molecule has 3 heterocycles. The average molecular weight is 520 g/mol.